The fourth-order valence-corrected chi connectivity index (χ4v) is 2.94. The van der Waals surface area contributed by atoms with E-state index in [1.54, 1.807) is 37.3 Å². The van der Waals surface area contributed by atoms with Gasteiger partial charge in [-0.15, -0.1) is 0 Å². The molecule has 0 aliphatic carbocycles. The highest BCUT2D eigenvalue weighted by molar-refractivity contribution is 7.88. The molecule has 0 unspecified atom stereocenters. The molecule has 0 bridgehead atoms. The minimum Gasteiger partial charge on any atom is -0.480 e. The van der Waals surface area contributed by atoms with Crippen LogP contribution in [0.5, 0.6) is 0 Å². The predicted octanol–water partition coefficient (Wildman–Crippen LogP) is 1.36. The van der Waals surface area contributed by atoms with Crippen molar-refractivity contribution in [3.63, 3.8) is 0 Å². The minimum atomic E-state index is -3.63. The molecule has 0 saturated heterocycles. The maximum absolute atomic E-state index is 11.8. The molecule has 0 heterocycles. The van der Waals surface area contributed by atoms with Crippen LogP contribution in [0, 0.1) is 0 Å². The molecule has 100 valence electrons. The van der Waals surface area contributed by atoms with Crippen LogP contribution in [-0.4, -0.2) is 25.5 Å². The first kappa shape index (κ1) is 14.7. The fourth-order valence-electron chi connectivity index (χ4n) is 1.57. The second kappa shape index (κ2) is 6.51. The van der Waals surface area contributed by atoms with Gasteiger partial charge in [0, 0.05) is 0 Å². The van der Waals surface area contributed by atoms with E-state index in [-0.39, 0.29) is 12.2 Å². The number of nitrogens with one attached hydrogen (secondary N) is 1. The van der Waals surface area contributed by atoms with Gasteiger partial charge >= 0.3 is 5.97 Å². The molecule has 0 aromatic heterocycles. The Morgan fingerprint density at radius 2 is 1.94 bits per heavy atom. The topological polar surface area (TPSA) is 83.5 Å². The first-order valence-corrected chi connectivity index (χ1v) is 7.36. The van der Waals surface area contributed by atoms with E-state index in [1.165, 1.54) is 0 Å². The van der Waals surface area contributed by atoms with Gasteiger partial charge in [-0.2, -0.15) is 0 Å². The molecular weight excluding hydrogens is 254 g/mol. The molecule has 2 N–H and O–H groups in total. The Kier molecular flexibility index (Phi) is 5.30. The number of sulfonamides is 1. The van der Waals surface area contributed by atoms with E-state index in [1.807, 2.05) is 0 Å². The largest absolute Gasteiger partial charge is 0.480 e. The molecule has 0 spiro atoms. The van der Waals surface area contributed by atoms with Crippen LogP contribution >= 0.6 is 0 Å². The third kappa shape index (κ3) is 4.85. The average Bonchev–Trinajstić information content (AvgIpc) is 2.28. The maximum atomic E-state index is 11.8. The molecule has 0 radical (unpaired) electrons. The van der Waals surface area contributed by atoms with Gasteiger partial charge in [0.15, 0.2) is 0 Å². The molecule has 1 rings (SSSR count). The molecule has 0 saturated carbocycles. The quantitative estimate of drug-likeness (QED) is 0.784. The Labute approximate surface area is 107 Å². The average molecular weight is 271 g/mol. The van der Waals surface area contributed by atoms with E-state index in [9.17, 15) is 13.2 Å². The van der Waals surface area contributed by atoms with E-state index in [0.29, 0.717) is 12.0 Å². The van der Waals surface area contributed by atoms with Crippen molar-refractivity contribution in [2.75, 3.05) is 0 Å². The lowest BCUT2D eigenvalue weighted by Crippen LogP contribution is -2.41. The van der Waals surface area contributed by atoms with Crippen LogP contribution in [0.4, 0.5) is 0 Å². The molecule has 1 aromatic rings. The van der Waals surface area contributed by atoms with Crippen LogP contribution in [0.2, 0.25) is 0 Å². The number of hydrogen-bond donors (Lipinski definition) is 2. The van der Waals surface area contributed by atoms with Crippen molar-refractivity contribution in [3.8, 4) is 0 Å². The van der Waals surface area contributed by atoms with E-state index in [4.69, 9.17) is 5.11 Å². The second-order valence-corrected chi connectivity index (χ2v) is 5.80. The molecule has 18 heavy (non-hydrogen) atoms. The number of benzene rings is 1. The smallest absolute Gasteiger partial charge is 0.321 e. The van der Waals surface area contributed by atoms with Gasteiger partial charge in [-0.1, -0.05) is 43.7 Å². The predicted molar refractivity (Wildman–Crippen MR) is 68.5 cm³/mol. The summed E-state index contributed by atoms with van der Waals surface area (Å²) in [6.07, 6.45) is 0.883. The second-order valence-electron chi connectivity index (χ2n) is 4.04. The number of carboxylic acids is 1. The third-order valence-electron chi connectivity index (χ3n) is 2.40. The van der Waals surface area contributed by atoms with Gasteiger partial charge < -0.3 is 5.11 Å². The number of carboxylic acid groups (broad SMARTS) is 1. The lowest BCUT2D eigenvalue weighted by Gasteiger charge is -2.13. The van der Waals surface area contributed by atoms with Gasteiger partial charge in [0.05, 0.1) is 5.75 Å². The van der Waals surface area contributed by atoms with Crippen LogP contribution in [0.1, 0.15) is 25.3 Å². The van der Waals surface area contributed by atoms with Crippen molar-refractivity contribution < 1.29 is 18.3 Å². The Hall–Kier alpha value is -1.40. The van der Waals surface area contributed by atoms with Gasteiger partial charge in [-0.05, 0) is 12.0 Å². The summed E-state index contributed by atoms with van der Waals surface area (Å²) in [4.78, 5) is 10.9. The van der Waals surface area contributed by atoms with Crippen LogP contribution < -0.4 is 4.72 Å². The maximum Gasteiger partial charge on any atom is 0.321 e. The molecule has 6 heteroatoms. The Morgan fingerprint density at radius 1 is 1.33 bits per heavy atom. The standard InChI is InChI=1S/C12H17NO4S/c1-2-6-11(12(14)15)13-18(16,17)9-10-7-4-3-5-8-10/h3-5,7-8,11,13H,2,6,9H2,1H3,(H,14,15)/t11-/m1/s1. The van der Waals surface area contributed by atoms with Crippen molar-refractivity contribution >= 4 is 16.0 Å². The molecule has 1 atom stereocenters. The highest BCUT2D eigenvalue weighted by atomic mass is 32.2. The van der Waals surface area contributed by atoms with Crippen LogP contribution in [0.25, 0.3) is 0 Å². The summed E-state index contributed by atoms with van der Waals surface area (Å²) in [5.74, 6) is -1.35. The van der Waals surface area contributed by atoms with Crippen LogP contribution in [-0.2, 0) is 20.6 Å². The lowest BCUT2D eigenvalue weighted by atomic mass is 10.2. The summed E-state index contributed by atoms with van der Waals surface area (Å²) >= 11 is 0. The molecule has 0 aliphatic heterocycles. The first-order chi connectivity index (χ1) is 8.44. The molecule has 0 amide bonds. The number of hydrogen-bond acceptors (Lipinski definition) is 3. The normalized spacial score (nSPS) is 13.2. The highest BCUT2D eigenvalue weighted by Crippen LogP contribution is 2.06. The van der Waals surface area contributed by atoms with Gasteiger partial charge in [-0.3, -0.25) is 4.79 Å². The molecular formula is C12H17NO4S. The fraction of sp³-hybridized carbons (Fsp3) is 0.417. The van der Waals surface area contributed by atoms with Crippen molar-refractivity contribution in [1.82, 2.24) is 4.72 Å². The number of rotatable bonds is 7. The first-order valence-electron chi connectivity index (χ1n) is 5.71. The summed E-state index contributed by atoms with van der Waals surface area (Å²) in [6.45, 7) is 1.81. The molecule has 5 nitrogen and oxygen atoms in total. The zero-order valence-corrected chi connectivity index (χ0v) is 11.0. The Bertz CT molecular complexity index is 484. The van der Waals surface area contributed by atoms with Crippen molar-refractivity contribution in [1.29, 1.82) is 0 Å². The number of aliphatic carboxylic acids is 1. The zero-order chi connectivity index (χ0) is 13.6. The van der Waals surface area contributed by atoms with Gasteiger partial charge in [0.2, 0.25) is 10.0 Å². The summed E-state index contributed by atoms with van der Waals surface area (Å²) in [5, 5.41) is 8.91. The Balaban J connectivity index is 2.72. The van der Waals surface area contributed by atoms with Crippen molar-refractivity contribution in [2.24, 2.45) is 0 Å². The van der Waals surface area contributed by atoms with Gasteiger partial charge in [0.1, 0.15) is 6.04 Å². The third-order valence-corrected chi connectivity index (χ3v) is 3.75. The summed E-state index contributed by atoms with van der Waals surface area (Å²) in [5.41, 5.74) is 0.630. The van der Waals surface area contributed by atoms with E-state index in [2.05, 4.69) is 4.72 Å². The van der Waals surface area contributed by atoms with Gasteiger partial charge in [-0.25, -0.2) is 13.1 Å². The van der Waals surface area contributed by atoms with Crippen molar-refractivity contribution in [2.45, 2.75) is 31.6 Å². The van der Waals surface area contributed by atoms with E-state index in [0.717, 1.165) is 0 Å². The summed E-state index contributed by atoms with van der Waals surface area (Å²) in [6, 6.07) is 7.60. The van der Waals surface area contributed by atoms with Crippen molar-refractivity contribution in [3.05, 3.63) is 35.9 Å². The minimum absolute atomic E-state index is 0.207. The van der Waals surface area contributed by atoms with Crippen LogP contribution in [0.15, 0.2) is 30.3 Å². The Morgan fingerprint density at radius 3 is 2.44 bits per heavy atom. The number of carbonyl (C=O) groups is 1. The monoisotopic (exact) mass is 271 g/mol. The lowest BCUT2D eigenvalue weighted by molar-refractivity contribution is -0.139. The van der Waals surface area contributed by atoms with Crippen LogP contribution in [0.3, 0.4) is 0 Å². The van der Waals surface area contributed by atoms with E-state index >= 15 is 0 Å². The summed E-state index contributed by atoms with van der Waals surface area (Å²) in [7, 11) is -3.63. The van der Waals surface area contributed by atoms with Gasteiger partial charge in [0.25, 0.3) is 0 Å². The molecule has 0 aliphatic rings. The molecule has 1 aromatic carbocycles. The SMILES string of the molecule is CCC[C@@H](NS(=O)(=O)Cc1ccccc1)C(=O)O. The molecule has 0 fully saturated rings. The summed E-state index contributed by atoms with van der Waals surface area (Å²) < 4.78 is 25.8. The highest BCUT2D eigenvalue weighted by Gasteiger charge is 2.23. The van der Waals surface area contributed by atoms with E-state index < -0.39 is 22.0 Å². The zero-order valence-electron chi connectivity index (χ0n) is 10.2.